The van der Waals surface area contributed by atoms with Crippen molar-refractivity contribution in [3.05, 3.63) is 0 Å². The van der Waals surface area contributed by atoms with Gasteiger partial charge in [0.1, 0.15) is 18.8 Å². The summed E-state index contributed by atoms with van der Waals surface area (Å²) < 4.78 is 32.9. The van der Waals surface area contributed by atoms with Gasteiger partial charge in [0.2, 0.25) is 0 Å². The monoisotopic (exact) mass is 828 g/mol. The first kappa shape index (κ1) is 55.8. The Bertz CT molecular complexity index is 898. The van der Waals surface area contributed by atoms with E-state index >= 15 is 0 Å². The van der Waals surface area contributed by atoms with E-state index in [0.717, 1.165) is 135 Å². The van der Waals surface area contributed by atoms with Gasteiger partial charge >= 0.3 is 18.5 Å². The number of unbranched alkanes of at least 4 members (excludes halogenated alkanes) is 18. The maximum Gasteiger partial charge on any atom is 0.508 e. The van der Waals surface area contributed by atoms with Gasteiger partial charge < -0.3 is 33.3 Å². The van der Waals surface area contributed by atoms with Crippen molar-refractivity contribution >= 4 is 18.5 Å². The lowest BCUT2D eigenvalue weighted by molar-refractivity contribution is 0.0137. The molecule has 0 N–H and O–H groups in total. The van der Waals surface area contributed by atoms with Crippen LogP contribution in [0.25, 0.3) is 0 Å². The summed E-state index contributed by atoms with van der Waals surface area (Å²) in [6, 6.07) is 0. The van der Waals surface area contributed by atoms with E-state index in [1.807, 2.05) is 19.0 Å². The van der Waals surface area contributed by atoms with Crippen LogP contribution >= 0.6 is 0 Å². The number of hydrogen-bond acceptors (Lipinski definition) is 10. The Morgan fingerprint density at radius 3 is 1.10 bits per heavy atom. The van der Waals surface area contributed by atoms with Crippen LogP contribution in [0.15, 0.2) is 0 Å². The Morgan fingerprint density at radius 2 is 0.690 bits per heavy atom. The summed E-state index contributed by atoms with van der Waals surface area (Å²) in [7, 11) is 3.89. The average molecular weight is 828 g/mol. The lowest BCUT2D eigenvalue weighted by atomic mass is 9.92. The molecule has 10 heteroatoms. The highest BCUT2D eigenvalue weighted by Crippen LogP contribution is 2.22. The van der Waals surface area contributed by atoms with Crippen molar-refractivity contribution in [1.82, 2.24) is 4.90 Å². The Morgan fingerprint density at radius 1 is 0.362 bits per heavy atom. The Kier molecular flexibility index (Phi) is 41.2. The molecule has 58 heavy (non-hydrogen) atoms. The third-order valence-corrected chi connectivity index (χ3v) is 11.0. The van der Waals surface area contributed by atoms with Gasteiger partial charge in [-0.15, -0.1) is 0 Å². The van der Waals surface area contributed by atoms with Gasteiger partial charge in [0.25, 0.3) is 0 Å². The Hall–Kier alpha value is -2.23. The SMILES string of the molecule is CCCCCC(CCCCC)CCOC(=O)OCCCCCCCCC(CCCCCCCCOC(=O)OC(CCCCC)CCCCC)OC(=O)OCCN(C)C. The van der Waals surface area contributed by atoms with Gasteiger partial charge in [-0.1, -0.05) is 156 Å². The van der Waals surface area contributed by atoms with Crippen molar-refractivity contribution in [2.75, 3.05) is 47.1 Å². The summed E-state index contributed by atoms with van der Waals surface area (Å²) >= 11 is 0. The molecule has 0 aliphatic heterocycles. The lowest BCUT2D eigenvalue weighted by Crippen LogP contribution is -2.23. The minimum atomic E-state index is -0.573. The van der Waals surface area contributed by atoms with Crippen LogP contribution < -0.4 is 0 Å². The zero-order valence-electron chi connectivity index (χ0n) is 38.8. The number of rotatable bonds is 42. The molecule has 0 rings (SSSR count). The average Bonchev–Trinajstić information content (AvgIpc) is 3.19. The van der Waals surface area contributed by atoms with Crippen LogP contribution in [0.5, 0.6) is 0 Å². The van der Waals surface area contributed by atoms with E-state index in [-0.39, 0.29) is 12.2 Å². The van der Waals surface area contributed by atoms with E-state index in [0.29, 0.717) is 38.9 Å². The summed E-state index contributed by atoms with van der Waals surface area (Å²) in [6.07, 6.45) is 31.7. The predicted molar refractivity (Wildman–Crippen MR) is 238 cm³/mol. The number of carbonyl (C=O) groups excluding carboxylic acids is 3. The first-order chi connectivity index (χ1) is 28.2. The molecule has 0 aromatic heterocycles. The molecule has 1 atom stereocenters. The summed E-state index contributed by atoms with van der Waals surface area (Å²) in [4.78, 5) is 38.8. The molecule has 0 aromatic carbocycles. The van der Waals surface area contributed by atoms with Gasteiger partial charge in [-0.25, -0.2) is 14.4 Å². The zero-order valence-corrected chi connectivity index (χ0v) is 38.8. The predicted octanol–water partition coefficient (Wildman–Crippen LogP) is 14.5. The van der Waals surface area contributed by atoms with E-state index in [2.05, 4.69) is 27.7 Å². The second-order valence-corrected chi connectivity index (χ2v) is 16.9. The van der Waals surface area contributed by atoms with Gasteiger partial charge in [0.05, 0.1) is 19.8 Å². The topological polar surface area (TPSA) is 110 Å². The number of carbonyl (C=O) groups is 3. The molecule has 0 spiro atoms. The molecule has 0 aromatic rings. The highest BCUT2D eigenvalue weighted by atomic mass is 16.7. The van der Waals surface area contributed by atoms with Crippen LogP contribution in [0.1, 0.15) is 227 Å². The maximum absolute atomic E-state index is 12.4. The highest BCUT2D eigenvalue weighted by Gasteiger charge is 2.17. The van der Waals surface area contributed by atoms with Gasteiger partial charge in [0, 0.05) is 6.54 Å². The van der Waals surface area contributed by atoms with Crippen molar-refractivity contribution in [3.8, 4) is 0 Å². The van der Waals surface area contributed by atoms with E-state index in [1.54, 1.807) is 0 Å². The zero-order chi connectivity index (χ0) is 42.7. The standard InChI is InChI=1S/C48H93NO9/c1-7-11-23-31-43(32-24-12-8-2)37-41-55-46(50)53-39-29-21-17-15-19-27-35-45(58-48(52)56-42-38-49(5)6)36-28-20-16-18-22-30-40-54-47(51)57-44(33-25-13-9-3)34-26-14-10-4/h43-45H,7-42H2,1-6H3. The molecule has 0 amide bonds. The third-order valence-electron chi connectivity index (χ3n) is 11.0. The molecule has 0 saturated carbocycles. The van der Waals surface area contributed by atoms with Gasteiger partial charge in [0.15, 0.2) is 0 Å². The van der Waals surface area contributed by atoms with Crippen molar-refractivity contribution < 1.29 is 42.8 Å². The van der Waals surface area contributed by atoms with E-state index < -0.39 is 18.5 Å². The van der Waals surface area contributed by atoms with Crippen LogP contribution in [-0.4, -0.2) is 82.6 Å². The Labute approximate surface area is 357 Å². The van der Waals surface area contributed by atoms with Crippen molar-refractivity contribution in [3.63, 3.8) is 0 Å². The second-order valence-electron chi connectivity index (χ2n) is 16.9. The molecule has 0 saturated heterocycles. The van der Waals surface area contributed by atoms with Crippen LogP contribution in [0.4, 0.5) is 14.4 Å². The van der Waals surface area contributed by atoms with Crippen LogP contribution in [0, 0.1) is 5.92 Å². The number of likely N-dealkylation sites (N-methyl/N-ethyl adjacent to an activating group) is 1. The quantitative estimate of drug-likeness (QED) is 0.0335. The fourth-order valence-corrected chi connectivity index (χ4v) is 7.24. The van der Waals surface area contributed by atoms with E-state index in [4.69, 9.17) is 28.4 Å². The van der Waals surface area contributed by atoms with Crippen LogP contribution in [0.3, 0.4) is 0 Å². The first-order valence-electron chi connectivity index (χ1n) is 24.4. The minimum absolute atomic E-state index is 0.0261. The number of nitrogens with zero attached hydrogens (tertiary/aromatic N) is 1. The fourth-order valence-electron chi connectivity index (χ4n) is 7.24. The molecule has 0 radical (unpaired) electrons. The first-order valence-corrected chi connectivity index (χ1v) is 24.4. The molecule has 0 aliphatic carbocycles. The second kappa shape index (κ2) is 42.9. The van der Waals surface area contributed by atoms with Gasteiger partial charge in [-0.3, -0.25) is 0 Å². The van der Waals surface area contributed by atoms with Crippen LogP contribution in [-0.2, 0) is 28.4 Å². The molecular weight excluding hydrogens is 735 g/mol. The van der Waals surface area contributed by atoms with Crippen molar-refractivity contribution in [1.29, 1.82) is 0 Å². The summed E-state index contributed by atoms with van der Waals surface area (Å²) in [6.45, 7) is 11.1. The van der Waals surface area contributed by atoms with Crippen molar-refractivity contribution in [2.24, 2.45) is 5.92 Å². The molecule has 0 bridgehead atoms. The van der Waals surface area contributed by atoms with Crippen LogP contribution in [0.2, 0.25) is 0 Å². The molecule has 344 valence electrons. The van der Waals surface area contributed by atoms with Crippen molar-refractivity contribution in [2.45, 2.75) is 239 Å². The maximum atomic E-state index is 12.4. The highest BCUT2D eigenvalue weighted by molar-refractivity contribution is 5.60. The van der Waals surface area contributed by atoms with Gasteiger partial charge in [-0.2, -0.15) is 0 Å². The summed E-state index contributed by atoms with van der Waals surface area (Å²) in [5, 5.41) is 0. The normalized spacial score (nSPS) is 11.9. The summed E-state index contributed by atoms with van der Waals surface area (Å²) in [5.41, 5.74) is 0. The smallest absolute Gasteiger partial charge is 0.434 e. The molecule has 1 unspecified atom stereocenters. The fraction of sp³-hybridized carbons (Fsp3) is 0.938. The summed E-state index contributed by atoms with van der Waals surface area (Å²) in [5.74, 6) is 0.640. The number of hydrogen-bond donors (Lipinski definition) is 0. The third kappa shape index (κ3) is 39.2. The molecule has 0 heterocycles. The largest absolute Gasteiger partial charge is 0.508 e. The van der Waals surface area contributed by atoms with E-state index in [9.17, 15) is 14.4 Å². The minimum Gasteiger partial charge on any atom is -0.434 e. The Balaban J connectivity index is 4.26. The molecular formula is C48H93NO9. The van der Waals surface area contributed by atoms with E-state index in [1.165, 1.54) is 64.2 Å². The molecule has 0 aliphatic rings. The molecule has 0 fully saturated rings. The lowest BCUT2D eigenvalue weighted by Gasteiger charge is -2.18. The van der Waals surface area contributed by atoms with Gasteiger partial charge in [-0.05, 0) is 90.6 Å². The number of ether oxygens (including phenoxy) is 6. The molecule has 10 nitrogen and oxygen atoms in total.